The topological polar surface area (TPSA) is 298 Å². The molecule has 8 N–H and O–H groups in total. The number of fused-ring (bicyclic) bond motifs is 16. The van der Waals surface area contributed by atoms with Crippen LogP contribution in [0.25, 0.3) is 43.1 Å². The Morgan fingerprint density at radius 2 is 0.484 bits per heavy atom. The van der Waals surface area contributed by atoms with Crippen LogP contribution in [0.5, 0.6) is 23.0 Å². The molecule has 8 bridgehead atoms. The molecule has 0 atom stereocenters. The quantitative estimate of drug-likeness (QED) is 0.0843. The predicted molar refractivity (Wildman–Crippen MR) is 233 cm³/mol. The van der Waals surface area contributed by atoms with Gasteiger partial charge in [-0.3, -0.25) is 18.2 Å². The zero-order chi connectivity index (χ0) is 46.0. The Morgan fingerprint density at radius 3 is 0.672 bits per heavy atom. The average molecular weight is 945 g/mol. The van der Waals surface area contributed by atoms with Crippen LogP contribution in [-0.4, -0.2) is 72.3 Å². The van der Waals surface area contributed by atoms with Crippen molar-refractivity contribution in [1.29, 1.82) is 0 Å². The van der Waals surface area contributed by atoms with Gasteiger partial charge < -0.3 is 20.4 Å². The van der Waals surface area contributed by atoms with Crippen molar-refractivity contribution in [3.8, 4) is 23.0 Å². The molecule has 0 amide bonds. The summed E-state index contributed by atoms with van der Waals surface area (Å²) >= 11 is 0. The van der Waals surface area contributed by atoms with E-state index < -0.39 is 95.9 Å². The molecular formula is C44H32O16S4. The van der Waals surface area contributed by atoms with E-state index in [0.717, 1.165) is 24.3 Å². The molecule has 20 heteroatoms. The highest BCUT2D eigenvalue weighted by Crippen LogP contribution is 2.46. The maximum absolute atomic E-state index is 12.8. The molecule has 0 radical (unpaired) electrons. The highest BCUT2D eigenvalue weighted by Gasteiger charge is 2.29. The van der Waals surface area contributed by atoms with Crippen LogP contribution in [0.1, 0.15) is 44.5 Å². The highest BCUT2D eigenvalue weighted by molar-refractivity contribution is 7.86. The van der Waals surface area contributed by atoms with E-state index in [1.807, 2.05) is 0 Å². The van der Waals surface area contributed by atoms with Crippen LogP contribution in [0.2, 0.25) is 0 Å². The van der Waals surface area contributed by atoms with Crippen molar-refractivity contribution in [2.45, 2.75) is 45.3 Å². The number of benzene rings is 8. The first-order valence-electron chi connectivity index (χ1n) is 18.9. The zero-order valence-electron chi connectivity index (χ0n) is 32.5. The van der Waals surface area contributed by atoms with Gasteiger partial charge >= 0.3 is 0 Å². The third-order valence-electron chi connectivity index (χ3n) is 11.7. The van der Waals surface area contributed by atoms with Crippen LogP contribution in [0, 0.1) is 0 Å². The van der Waals surface area contributed by atoms with E-state index in [1.165, 1.54) is 72.8 Å². The van der Waals surface area contributed by atoms with Gasteiger partial charge in [0.25, 0.3) is 40.5 Å². The average Bonchev–Trinajstić information content (AvgIpc) is 3.21. The molecule has 328 valence electrons. The smallest absolute Gasteiger partial charge is 0.295 e. The summed E-state index contributed by atoms with van der Waals surface area (Å²) in [5.74, 6) is -2.63. The first-order valence-corrected chi connectivity index (χ1v) is 24.6. The number of rotatable bonds is 4. The van der Waals surface area contributed by atoms with Crippen LogP contribution >= 0.6 is 0 Å². The van der Waals surface area contributed by atoms with Crippen molar-refractivity contribution in [2.24, 2.45) is 0 Å². The number of hydrogen-bond donors (Lipinski definition) is 8. The summed E-state index contributed by atoms with van der Waals surface area (Å²) in [6.45, 7) is 0. The predicted octanol–water partition coefficient (Wildman–Crippen LogP) is 6.79. The van der Waals surface area contributed by atoms with Crippen LogP contribution in [0.3, 0.4) is 0 Å². The first-order chi connectivity index (χ1) is 29.9. The summed E-state index contributed by atoms with van der Waals surface area (Å²) in [6, 6.07) is 21.0. The van der Waals surface area contributed by atoms with Crippen molar-refractivity contribution in [3.63, 3.8) is 0 Å². The standard InChI is InChI=1S/C44H32O16S4/c45-41-25-15-21(29-5-1-9-33(37(29)41)61(49,50)51)13-22-16-26(42(46)38-30(22)6-2-10-34(38)62(52,53)54)20-28-18-24(32-8-4-12-36(64(58,59)60)40(32)44(28)48)14-23-17-27(19-25)43(47)39-31(23)7-3-11-35(39)63(55,56)57/h1-12,15-18,45-48H,13-14,19-20H2,(H,49,50,51)(H,52,53,54)(H,55,56,57)(H,58,59,60). The molecule has 0 aliphatic heterocycles. The monoisotopic (exact) mass is 944 g/mol. The molecule has 8 aromatic rings. The molecule has 1 aliphatic rings. The SMILES string of the molecule is O=S(=O)(O)c1cccc2c3cc(c(O)c12)Cc1cc(c2cccc(S(=O)(=O)O)c2c1O)Cc1cc(c(O)c2c(S(=O)(=O)O)cccc12)Cc1cc(c2cccc(S(=O)(=O)O)c2c1O)C3. The number of aromatic hydroxyl groups is 4. The van der Waals surface area contributed by atoms with Crippen LogP contribution in [0.15, 0.2) is 117 Å². The Balaban J connectivity index is 1.48. The maximum atomic E-state index is 12.8. The number of phenols is 4. The number of phenolic OH excluding ortho intramolecular Hbond substituents is 4. The maximum Gasteiger partial charge on any atom is 0.295 e. The fraction of sp³-hybridized carbons (Fsp3) is 0.0909. The Labute approximate surface area is 363 Å². The highest BCUT2D eigenvalue weighted by atomic mass is 32.2. The molecule has 8 aromatic carbocycles. The normalized spacial score (nSPS) is 13.8. The van der Waals surface area contributed by atoms with Crippen molar-refractivity contribution in [3.05, 3.63) is 142 Å². The summed E-state index contributed by atoms with van der Waals surface area (Å²) in [6.07, 6.45) is -1.43. The van der Waals surface area contributed by atoms with E-state index in [-0.39, 0.29) is 100 Å². The van der Waals surface area contributed by atoms with Gasteiger partial charge in [0.1, 0.15) is 42.6 Å². The molecule has 0 saturated heterocycles. The van der Waals surface area contributed by atoms with Gasteiger partial charge in [-0.2, -0.15) is 33.7 Å². The molecular weight excluding hydrogens is 913 g/mol. The van der Waals surface area contributed by atoms with E-state index in [4.69, 9.17) is 0 Å². The Morgan fingerprint density at radius 1 is 0.297 bits per heavy atom. The van der Waals surface area contributed by atoms with Gasteiger partial charge in [-0.05, 0) is 103 Å². The molecule has 9 rings (SSSR count). The van der Waals surface area contributed by atoms with Crippen molar-refractivity contribution in [2.75, 3.05) is 0 Å². The van der Waals surface area contributed by atoms with E-state index >= 15 is 0 Å². The molecule has 64 heavy (non-hydrogen) atoms. The van der Waals surface area contributed by atoms with Gasteiger partial charge in [-0.15, -0.1) is 0 Å². The lowest BCUT2D eigenvalue weighted by Crippen LogP contribution is -2.06. The third-order valence-corrected chi connectivity index (χ3v) is 15.3. The van der Waals surface area contributed by atoms with E-state index in [0.29, 0.717) is 0 Å². The Hall–Kier alpha value is -6.36. The zero-order valence-corrected chi connectivity index (χ0v) is 35.8. The molecule has 1 aliphatic carbocycles. The third kappa shape index (κ3) is 7.04. The molecule has 0 aromatic heterocycles. The van der Waals surface area contributed by atoms with Gasteiger partial charge in [-0.25, -0.2) is 0 Å². The van der Waals surface area contributed by atoms with Gasteiger partial charge in [0, 0.05) is 34.4 Å². The van der Waals surface area contributed by atoms with Crippen molar-refractivity contribution < 1.29 is 72.3 Å². The largest absolute Gasteiger partial charge is 0.507 e. The first kappa shape index (κ1) is 42.9. The van der Waals surface area contributed by atoms with Gasteiger partial charge in [0.05, 0.1) is 0 Å². The minimum Gasteiger partial charge on any atom is -0.507 e. The minimum absolute atomic E-state index is 0.0623. The van der Waals surface area contributed by atoms with E-state index in [9.17, 15) is 72.3 Å². The molecule has 0 saturated carbocycles. The van der Waals surface area contributed by atoms with Gasteiger partial charge in [0.15, 0.2) is 0 Å². The lowest BCUT2D eigenvalue weighted by atomic mass is 9.86. The van der Waals surface area contributed by atoms with Crippen LogP contribution < -0.4 is 0 Å². The molecule has 0 fully saturated rings. The van der Waals surface area contributed by atoms with Gasteiger partial charge in [0.2, 0.25) is 0 Å². The summed E-state index contributed by atoms with van der Waals surface area (Å²) in [5, 5.41) is 46.7. The molecule has 16 nitrogen and oxygen atoms in total. The second kappa shape index (κ2) is 14.6. The van der Waals surface area contributed by atoms with Crippen LogP contribution in [0.4, 0.5) is 0 Å². The lowest BCUT2D eigenvalue weighted by molar-refractivity contribution is 0.464. The minimum atomic E-state index is -5.04. The number of hydrogen-bond acceptors (Lipinski definition) is 12. The van der Waals surface area contributed by atoms with Gasteiger partial charge in [-0.1, -0.05) is 72.8 Å². The molecule has 0 spiro atoms. The van der Waals surface area contributed by atoms with Crippen molar-refractivity contribution in [1.82, 2.24) is 0 Å². The van der Waals surface area contributed by atoms with Crippen LogP contribution in [-0.2, 0) is 66.2 Å². The molecule has 0 heterocycles. The lowest BCUT2D eigenvalue weighted by Gasteiger charge is -2.21. The Kier molecular flexibility index (Phi) is 9.78. The Bertz CT molecular complexity index is 3380. The summed E-state index contributed by atoms with van der Waals surface area (Å²) < 4.78 is 144. The summed E-state index contributed by atoms with van der Waals surface area (Å²) in [7, 11) is -20.2. The second-order valence-corrected chi connectivity index (χ2v) is 21.1. The fourth-order valence-corrected chi connectivity index (χ4v) is 11.9. The van der Waals surface area contributed by atoms with Crippen molar-refractivity contribution >= 4 is 83.6 Å². The van der Waals surface area contributed by atoms with E-state index in [2.05, 4.69) is 0 Å². The fourth-order valence-electron chi connectivity index (χ4n) is 9.04. The summed E-state index contributed by atoms with van der Waals surface area (Å²) in [5.41, 5.74) is 0.708. The van der Waals surface area contributed by atoms with E-state index in [1.54, 1.807) is 0 Å². The second-order valence-electron chi connectivity index (χ2n) is 15.5. The molecule has 0 unspecified atom stereocenters. The summed E-state index contributed by atoms with van der Waals surface area (Å²) in [4.78, 5) is -2.81.